The molecule has 228 valence electrons. The first-order valence-corrected chi connectivity index (χ1v) is 12.4. The summed E-state index contributed by atoms with van der Waals surface area (Å²) in [7, 11) is 0. The molecule has 5 amide bonds. The number of aliphatic hydroxyl groups is 3. The number of aliphatic carboxylic acids is 1. The van der Waals surface area contributed by atoms with Gasteiger partial charge in [-0.05, 0) is 34.1 Å². The van der Waals surface area contributed by atoms with E-state index in [1.54, 1.807) is 6.92 Å². The van der Waals surface area contributed by atoms with Gasteiger partial charge in [-0.3, -0.25) is 28.8 Å². The van der Waals surface area contributed by atoms with E-state index in [1.807, 2.05) is 0 Å². The number of rotatable bonds is 17. The highest BCUT2D eigenvalue weighted by Crippen LogP contribution is 2.03. The van der Waals surface area contributed by atoms with Gasteiger partial charge in [0.25, 0.3) is 0 Å². The van der Waals surface area contributed by atoms with Gasteiger partial charge in [0.2, 0.25) is 29.5 Å². The van der Waals surface area contributed by atoms with Gasteiger partial charge in [0.15, 0.2) is 0 Å². The summed E-state index contributed by atoms with van der Waals surface area (Å²) in [6.45, 7) is 6.35. The minimum Gasteiger partial charge on any atom is -0.481 e. The zero-order chi connectivity index (χ0) is 31.3. The zero-order valence-electron chi connectivity index (χ0n) is 22.9. The van der Waals surface area contributed by atoms with Gasteiger partial charge in [0, 0.05) is 0 Å². The number of nitrogens with one attached hydrogen (secondary N) is 5. The second-order valence-electron chi connectivity index (χ2n) is 9.27. The van der Waals surface area contributed by atoms with Crippen molar-refractivity contribution in [1.29, 1.82) is 0 Å². The highest BCUT2D eigenvalue weighted by Gasteiger charge is 2.35. The quantitative estimate of drug-likeness (QED) is 0.0728. The van der Waals surface area contributed by atoms with E-state index in [2.05, 4.69) is 26.6 Å². The second kappa shape index (κ2) is 17.1. The predicted octanol–water partition coefficient (Wildman–Crippen LogP) is -5.02. The number of carboxylic acid groups (broad SMARTS) is 1. The summed E-state index contributed by atoms with van der Waals surface area (Å²) in [5.74, 6) is -6.54. The van der Waals surface area contributed by atoms with Crippen LogP contribution < -0.4 is 32.3 Å². The number of amides is 5. The van der Waals surface area contributed by atoms with Crippen molar-refractivity contribution < 1.29 is 54.0 Å². The van der Waals surface area contributed by atoms with Crippen LogP contribution in [0.1, 0.15) is 47.5 Å². The standard InChI is InChI=1S/C23H40N6O11/c1-6-13(24)20(37)25-9(2)19(36)26-14(7-16(34)35)21(38)28-18(12(5)33)23(40)29-17(11(4)32)22(39)27-15(8-30)10(3)31/h8-15,17-18,31-33H,6-7,24H2,1-5H3,(H,25,37)(H,26,36)(H,27,39)(H,28,38)(H,29,40)(H,34,35)/t9-,10+,11+,12+,13-,14-,15+,17-,18-/m0/s1. The Morgan fingerprint density at radius 2 is 1.18 bits per heavy atom. The van der Waals surface area contributed by atoms with Gasteiger partial charge in [-0.15, -0.1) is 0 Å². The first-order valence-electron chi connectivity index (χ1n) is 12.4. The number of carboxylic acids is 1. The molecule has 0 aliphatic carbocycles. The first-order chi connectivity index (χ1) is 18.5. The normalized spacial score (nSPS) is 17.7. The Kier molecular flexibility index (Phi) is 15.5. The molecule has 0 unspecified atom stereocenters. The van der Waals surface area contributed by atoms with Crippen LogP contribution in [0.25, 0.3) is 0 Å². The van der Waals surface area contributed by atoms with E-state index < -0.39 is 96.5 Å². The summed E-state index contributed by atoms with van der Waals surface area (Å²) in [6.07, 6.45) is -4.86. The van der Waals surface area contributed by atoms with E-state index in [0.717, 1.165) is 13.8 Å². The molecule has 11 N–H and O–H groups in total. The largest absolute Gasteiger partial charge is 0.481 e. The fourth-order valence-corrected chi connectivity index (χ4v) is 3.08. The van der Waals surface area contributed by atoms with Crippen LogP contribution >= 0.6 is 0 Å². The Morgan fingerprint density at radius 3 is 1.57 bits per heavy atom. The maximum absolute atomic E-state index is 12.9. The highest BCUT2D eigenvalue weighted by atomic mass is 16.4. The lowest BCUT2D eigenvalue weighted by Crippen LogP contribution is -2.63. The van der Waals surface area contributed by atoms with Gasteiger partial charge in [-0.25, -0.2) is 0 Å². The van der Waals surface area contributed by atoms with Gasteiger partial charge in [0.1, 0.15) is 36.5 Å². The van der Waals surface area contributed by atoms with Crippen molar-refractivity contribution >= 4 is 41.8 Å². The number of nitrogens with two attached hydrogens (primary N) is 1. The average Bonchev–Trinajstić information content (AvgIpc) is 2.86. The lowest BCUT2D eigenvalue weighted by atomic mass is 10.1. The Labute approximate surface area is 230 Å². The third-order valence-electron chi connectivity index (χ3n) is 5.64. The molecular weight excluding hydrogens is 536 g/mol. The van der Waals surface area contributed by atoms with E-state index in [1.165, 1.54) is 13.8 Å². The number of carbonyl (C=O) groups excluding carboxylic acids is 6. The van der Waals surface area contributed by atoms with Crippen LogP contribution in [0.3, 0.4) is 0 Å². The molecule has 9 atom stereocenters. The molecule has 0 saturated heterocycles. The van der Waals surface area contributed by atoms with E-state index >= 15 is 0 Å². The van der Waals surface area contributed by atoms with Crippen molar-refractivity contribution in [3.63, 3.8) is 0 Å². The summed E-state index contributed by atoms with van der Waals surface area (Å²) in [5, 5.41) is 49.6. The van der Waals surface area contributed by atoms with Gasteiger partial charge < -0.3 is 57.5 Å². The molecule has 0 saturated carbocycles. The minimum absolute atomic E-state index is 0.240. The highest BCUT2D eigenvalue weighted by molar-refractivity contribution is 5.97. The Hall–Kier alpha value is -3.67. The van der Waals surface area contributed by atoms with Crippen molar-refractivity contribution in [2.45, 2.75) is 102 Å². The molecule has 0 bridgehead atoms. The average molecular weight is 577 g/mol. The Bertz CT molecular complexity index is 927. The number of carbonyl (C=O) groups is 7. The van der Waals surface area contributed by atoms with E-state index in [0.29, 0.717) is 0 Å². The summed E-state index contributed by atoms with van der Waals surface area (Å²) in [4.78, 5) is 85.1. The summed E-state index contributed by atoms with van der Waals surface area (Å²) >= 11 is 0. The third kappa shape index (κ3) is 12.0. The third-order valence-corrected chi connectivity index (χ3v) is 5.64. The molecule has 0 spiro atoms. The molecule has 0 heterocycles. The van der Waals surface area contributed by atoms with Crippen LogP contribution in [-0.4, -0.2) is 117 Å². The molecule has 17 nitrogen and oxygen atoms in total. The SMILES string of the molecule is CC[C@H](N)C(=O)N[C@@H](C)C(=O)N[C@@H](CC(=O)O)C(=O)N[C@H](C(=O)N[C@H](C(=O)N[C@H](C=O)[C@@H](C)O)[C@@H](C)O)[C@@H](C)O. The number of aldehydes is 1. The monoisotopic (exact) mass is 576 g/mol. The molecule has 0 aliphatic rings. The van der Waals surface area contributed by atoms with Gasteiger partial charge in [0.05, 0.1) is 30.8 Å². The Morgan fingerprint density at radius 1 is 0.700 bits per heavy atom. The first kappa shape index (κ1) is 36.3. The van der Waals surface area contributed by atoms with Crippen LogP contribution in [0.2, 0.25) is 0 Å². The minimum atomic E-state index is -1.80. The summed E-state index contributed by atoms with van der Waals surface area (Å²) in [6, 6.07) is -8.72. The van der Waals surface area contributed by atoms with Crippen molar-refractivity contribution in [2.24, 2.45) is 5.73 Å². The predicted molar refractivity (Wildman–Crippen MR) is 137 cm³/mol. The fourth-order valence-electron chi connectivity index (χ4n) is 3.08. The lowest BCUT2D eigenvalue weighted by Gasteiger charge is -2.28. The maximum Gasteiger partial charge on any atom is 0.305 e. The molecule has 0 radical (unpaired) electrons. The number of aliphatic hydroxyl groups excluding tert-OH is 3. The summed E-state index contributed by atoms with van der Waals surface area (Å²) in [5.41, 5.74) is 5.59. The van der Waals surface area contributed by atoms with Gasteiger partial charge in [-0.2, -0.15) is 0 Å². The van der Waals surface area contributed by atoms with Crippen LogP contribution in [0.4, 0.5) is 0 Å². The number of hydrogen-bond acceptors (Lipinski definition) is 11. The van der Waals surface area contributed by atoms with E-state index in [9.17, 15) is 54.0 Å². The smallest absolute Gasteiger partial charge is 0.305 e. The van der Waals surface area contributed by atoms with Crippen LogP contribution in [0.15, 0.2) is 0 Å². The van der Waals surface area contributed by atoms with Gasteiger partial charge in [-0.1, -0.05) is 6.92 Å². The molecule has 0 rings (SSSR count). The van der Waals surface area contributed by atoms with Crippen LogP contribution in [0, 0.1) is 0 Å². The van der Waals surface area contributed by atoms with Gasteiger partial charge >= 0.3 is 5.97 Å². The molecule has 17 heteroatoms. The van der Waals surface area contributed by atoms with E-state index in [4.69, 9.17) is 5.73 Å². The van der Waals surface area contributed by atoms with E-state index in [-0.39, 0.29) is 12.7 Å². The van der Waals surface area contributed by atoms with Crippen molar-refractivity contribution in [3.8, 4) is 0 Å². The topological polar surface area (TPSA) is 287 Å². The second-order valence-corrected chi connectivity index (χ2v) is 9.27. The molecule has 0 aliphatic heterocycles. The molecule has 0 aromatic heterocycles. The summed E-state index contributed by atoms with van der Waals surface area (Å²) < 4.78 is 0. The molecule has 0 fully saturated rings. The lowest BCUT2D eigenvalue weighted by molar-refractivity contribution is -0.142. The van der Waals surface area contributed by atoms with Crippen LogP contribution in [-0.2, 0) is 33.6 Å². The number of hydrogen-bond donors (Lipinski definition) is 10. The zero-order valence-corrected chi connectivity index (χ0v) is 22.9. The van der Waals surface area contributed by atoms with Crippen LogP contribution in [0.5, 0.6) is 0 Å². The van der Waals surface area contributed by atoms with Crippen molar-refractivity contribution in [2.75, 3.05) is 0 Å². The molecule has 0 aromatic rings. The Balaban J connectivity index is 5.68. The van der Waals surface area contributed by atoms with Crippen molar-refractivity contribution in [3.05, 3.63) is 0 Å². The maximum atomic E-state index is 12.9. The molecule has 0 aromatic carbocycles. The molecular formula is C23H40N6O11. The van der Waals surface area contributed by atoms with Crippen molar-refractivity contribution in [1.82, 2.24) is 26.6 Å². The fraction of sp³-hybridized carbons (Fsp3) is 0.696. The molecule has 40 heavy (non-hydrogen) atoms.